The fourth-order valence-electron chi connectivity index (χ4n) is 2.99. The largest absolute Gasteiger partial charge is 0.451 e. The van der Waals surface area contributed by atoms with Gasteiger partial charge in [-0.3, -0.25) is 9.59 Å². The number of anilines is 1. The monoisotopic (exact) mass is 423 g/mol. The SMILES string of the molecule is COCCn1c(C)cc(/C=C(\C#N)C(=O)OCC(=O)Nc2ccc(C(C)=O)cc2)c1C. The summed E-state index contributed by atoms with van der Waals surface area (Å²) in [4.78, 5) is 35.6. The maximum atomic E-state index is 12.3. The molecule has 0 fully saturated rings. The standard InChI is InChI=1S/C23H25N3O5/c1-15-11-19(16(2)26(15)9-10-30-4)12-20(13-24)23(29)31-14-22(28)25-21-7-5-18(6-8-21)17(3)27/h5-8,11-12H,9-10,14H2,1-4H3,(H,25,28)/b20-12+. The number of nitriles is 1. The number of methoxy groups -OCH3 is 1. The second kappa shape index (κ2) is 10.9. The van der Waals surface area contributed by atoms with Crippen molar-refractivity contribution in [1.29, 1.82) is 5.26 Å². The number of nitrogens with one attached hydrogen (secondary N) is 1. The van der Waals surface area contributed by atoms with E-state index in [1.807, 2.05) is 30.6 Å². The van der Waals surface area contributed by atoms with Gasteiger partial charge in [-0.1, -0.05) is 0 Å². The Balaban J connectivity index is 2.00. The van der Waals surface area contributed by atoms with Crippen molar-refractivity contribution >= 4 is 29.4 Å². The minimum absolute atomic E-state index is 0.0814. The molecule has 0 saturated heterocycles. The third-order valence-electron chi connectivity index (χ3n) is 4.68. The van der Waals surface area contributed by atoms with Crippen molar-refractivity contribution in [2.75, 3.05) is 25.6 Å². The topological polar surface area (TPSA) is 110 Å². The predicted octanol–water partition coefficient (Wildman–Crippen LogP) is 3.04. The molecule has 8 heteroatoms. The fourth-order valence-corrected chi connectivity index (χ4v) is 2.99. The van der Waals surface area contributed by atoms with E-state index in [0.29, 0.717) is 24.4 Å². The van der Waals surface area contributed by atoms with Crippen molar-refractivity contribution in [1.82, 2.24) is 4.57 Å². The molecule has 1 aromatic heterocycles. The van der Waals surface area contributed by atoms with Crippen LogP contribution in [-0.2, 0) is 25.6 Å². The first-order valence-corrected chi connectivity index (χ1v) is 9.62. The molecular formula is C23H25N3O5. The molecule has 0 aliphatic heterocycles. The number of hydrogen-bond donors (Lipinski definition) is 1. The molecule has 0 aliphatic rings. The highest BCUT2D eigenvalue weighted by Gasteiger charge is 2.16. The molecule has 2 rings (SSSR count). The van der Waals surface area contributed by atoms with E-state index < -0.39 is 18.5 Å². The number of esters is 1. The third kappa shape index (κ3) is 6.39. The number of ketones is 1. The van der Waals surface area contributed by atoms with Crippen molar-refractivity contribution < 1.29 is 23.9 Å². The zero-order chi connectivity index (χ0) is 23.0. The lowest BCUT2D eigenvalue weighted by Gasteiger charge is -2.08. The van der Waals surface area contributed by atoms with E-state index in [2.05, 4.69) is 5.32 Å². The Morgan fingerprint density at radius 1 is 1.19 bits per heavy atom. The molecule has 0 saturated carbocycles. The summed E-state index contributed by atoms with van der Waals surface area (Å²) in [5.41, 5.74) is 3.37. The van der Waals surface area contributed by atoms with Crippen LogP contribution in [0.2, 0.25) is 0 Å². The predicted molar refractivity (Wildman–Crippen MR) is 115 cm³/mol. The molecule has 0 spiro atoms. The molecule has 0 bridgehead atoms. The zero-order valence-corrected chi connectivity index (χ0v) is 18.0. The lowest BCUT2D eigenvalue weighted by atomic mass is 10.1. The maximum Gasteiger partial charge on any atom is 0.349 e. The van der Waals surface area contributed by atoms with Gasteiger partial charge in [0.2, 0.25) is 0 Å². The van der Waals surface area contributed by atoms with Gasteiger partial charge in [0.15, 0.2) is 12.4 Å². The second-order valence-electron chi connectivity index (χ2n) is 6.90. The van der Waals surface area contributed by atoms with E-state index in [4.69, 9.17) is 9.47 Å². The third-order valence-corrected chi connectivity index (χ3v) is 4.68. The average molecular weight is 423 g/mol. The van der Waals surface area contributed by atoms with E-state index in [1.165, 1.54) is 13.0 Å². The summed E-state index contributed by atoms with van der Waals surface area (Å²) in [6.45, 7) is 5.92. The molecule has 1 aromatic carbocycles. The second-order valence-corrected chi connectivity index (χ2v) is 6.90. The zero-order valence-electron chi connectivity index (χ0n) is 18.0. The number of rotatable bonds is 9. The maximum absolute atomic E-state index is 12.3. The number of ether oxygens (including phenoxy) is 2. The molecule has 0 aliphatic carbocycles. The number of carbonyl (C=O) groups is 3. The highest BCUT2D eigenvalue weighted by Crippen LogP contribution is 2.19. The molecule has 162 valence electrons. The molecule has 1 N–H and O–H groups in total. The summed E-state index contributed by atoms with van der Waals surface area (Å²) < 4.78 is 12.1. The Morgan fingerprint density at radius 3 is 2.45 bits per heavy atom. The smallest absolute Gasteiger partial charge is 0.349 e. The van der Waals surface area contributed by atoms with E-state index in [0.717, 1.165) is 17.0 Å². The normalized spacial score (nSPS) is 11.0. The Hall–Kier alpha value is -3.70. The summed E-state index contributed by atoms with van der Waals surface area (Å²) in [7, 11) is 1.62. The van der Waals surface area contributed by atoms with Crippen LogP contribution in [0.1, 0.15) is 34.2 Å². The number of Topliss-reactive ketones (excluding diaryl/α,β-unsaturated/α-hetero) is 1. The summed E-state index contributed by atoms with van der Waals surface area (Å²) in [5.74, 6) is -1.52. The quantitative estimate of drug-likeness (QED) is 0.287. The van der Waals surface area contributed by atoms with Gasteiger partial charge in [-0.15, -0.1) is 0 Å². The number of aryl methyl sites for hydroxylation is 1. The van der Waals surface area contributed by atoms with Crippen LogP contribution in [-0.4, -0.2) is 42.6 Å². The number of aromatic nitrogens is 1. The molecule has 1 amide bonds. The lowest BCUT2D eigenvalue weighted by Crippen LogP contribution is -2.21. The minimum Gasteiger partial charge on any atom is -0.451 e. The molecule has 0 unspecified atom stereocenters. The van der Waals surface area contributed by atoms with Gasteiger partial charge in [-0.25, -0.2) is 4.79 Å². The highest BCUT2D eigenvalue weighted by atomic mass is 16.5. The number of amides is 1. The molecule has 8 nitrogen and oxygen atoms in total. The van der Waals surface area contributed by atoms with Crippen molar-refractivity contribution in [2.45, 2.75) is 27.3 Å². The Bertz CT molecular complexity index is 1040. The summed E-state index contributed by atoms with van der Waals surface area (Å²) in [5, 5.41) is 11.9. The Morgan fingerprint density at radius 2 is 1.87 bits per heavy atom. The van der Waals surface area contributed by atoms with Crippen LogP contribution in [0.25, 0.3) is 6.08 Å². The van der Waals surface area contributed by atoms with Crippen molar-refractivity contribution in [3.8, 4) is 6.07 Å². The summed E-state index contributed by atoms with van der Waals surface area (Å²) in [6, 6.07) is 10.0. The van der Waals surface area contributed by atoms with E-state index >= 15 is 0 Å². The van der Waals surface area contributed by atoms with Crippen LogP contribution in [0.5, 0.6) is 0 Å². The van der Waals surface area contributed by atoms with Gasteiger partial charge < -0.3 is 19.4 Å². The Kier molecular flexibility index (Phi) is 8.29. The van der Waals surface area contributed by atoms with Crippen LogP contribution < -0.4 is 5.32 Å². The molecule has 0 radical (unpaired) electrons. The molecule has 0 atom stereocenters. The van der Waals surface area contributed by atoms with Gasteiger partial charge in [0.1, 0.15) is 11.6 Å². The van der Waals surface area contributed by atoms with Crippen molar-refractivity contribution in [3.05, 3.63) is 58.4 Å². The summed E-state index contributed by atoms with van der Waals surface area (Å²) in [6.07, 6.45) is 1.45. The van der Waals surface area contributed by atoms with Gasteiger partial charge in [0, 0.05) is 36.3 Å². The van der Waals surface area contributed by atoms with Crippen molar-refractivity contribution in [3.63, 3.8) is 0 Å². The van der Waals surface area contributed by atoms with Gasteiger partial charge in [-0.2, -0.15) is 5.26 Å². The number of carbonyl (C=O) groups excluding carboxylic acids is 3. The van der Waals surface area contributed by atoms with E-state index in [1.54, 1.807) is 31.4 Å². The van der Waals surface area contributed by atoms with Crippen LogP contribution >= 0.6 is 0 Å². The van der Waals surface area contributed by atoms with Crippen LogP contribution in [0, 0.1) is 25.2 Å². The average Bonchev–Trinajstić information content (AvgIpc) is 3.01. The Labute approximate surface area is 181 Å². The first kappa shape index (κ1) is 23.6. The first-order chi connectivity index (χ1) is 14.8. The molecule has 31 heavy (non-hydrogen) atoms. The van der Waals surface area contributed by atoms with Crippen LogP contribution in [0.15, 0.2) is 35.9 Å². The van der Waals surface area contributed by atoms with Gasteiger partial charge in [0.05, 0.1) is 6.61 Å². The minimum atomic E-state index is -0.883. The van der Waals surface area contributed by atoms with Crippen LogP contribution in [0.4, 0.5) is 5.69 Å². The fraction of sp³-hybridized carbons (Fsp3) is 0.304. The van der Waals surface area contributed by atoms with Gasteiger partial charge in [-0.05, 0) is 62.7 Å². The van der Waals surface area contributed by atoms with Crippen LogP contribution in [0.3, 0.4) is 0 Å². The summed E-state index contributed by atoms with van der Waals surface area (Å²) >= 11 is 0. The van der Waals surface area contributed by atoms with E-state index in [-0.39, 0.29) is 11.4 Å². The highest BCUT2D eigenvalue weighted by molar-refractivity contribution is 6.00. The van der Waals surface area contributed by atoms with Gasteiger partial charge >= 0.3 is 5.97 Å². The molecule has 2 aromatic rings. The van der Waals surface area contributed by atoms with Gasteiger partial charge in [0.25, 0.3) is 5.91 Å². The number of benzene rings is 1. The van der Waals surface area contributed by atoms with Crippen molar-refractivity contribution in [2.24, 2.45) is 0 Å². The molecule has 1 heterocycles. The lowest BCUT2D eigenvalue weighted by molar-refractivity contribution is -0.142. The molecular weight excluding hydrogens is 398 g/mol. The van der Waals surface area contributed by atoms with E-state index in [9.17, 15) is 19.6 Å². The number of nitrogens with zero attached hydrogens (tertiary/aromatic N) is 2. The first-order valence-electron chi connectivity index (χ1n) is 9.62. The number of hydrogen-bond acceptors (Lipinski definition) is 6.